The summed E-state index contributed by atoms with van der Waals surface area (Å²) in [6.07, 6.45) is 0. The Morgan fingerprint density at radius 3 is 1.67 bits per heavy atom. The highest BCUT2D eigenvalue weighted by molar-refractivity contribution is 7.79. The van der Waals surface area contributed by atoms with Crippen LogP contribution in [0.25, 0.3) is 43.1 Å². The molecule has 5 rings (SSSR count). The number of rotatable bonds is 1. The molecule has 0 heterocycles. The van der Waals surface area contributed by atoms with Crippen molar-refractivity contribution in [3.63, 3.8) is 0 Å². The molecule has 0 spiro atoms. The molecule has 0 bridgehead atoms. The maximum absolute atomic E-state index is 4.61. The van der Waals surface area contributed by atoms with E-state index in [0.29, 0.717) is 0 Å². The van der Waals surface area contributed by atoms with E-state index in [1.807, 2.05) is 0 Å². The van der Waals surface area contributed by atoms with Crippen LogP contribution in [0.1, 0.15) is 58.2 Å². The molecule has 0 N–H and O–H groups in total. The maximum atomic E-state index is 4.61. The van der Waals surface area contributed by atoms with Crippen LogP contribution in [0.15, 0.2) is 54.6 Å². The van der Waals surface area contributed by atoms with Gasteiger partial charge in [-0.1, -0.05) is 84.0 Å². The van der Waals surface area contributed by atoms with Crippen LogP contribution < -0.4 is 0 Å². The monoisotopic (exact) mass is 410 g/mol. The summed E-state index contributed by atoms with van der Waals surface area (Å²) in [5.41, 5.74) is 4.30. The molecule has 0 aliphatic heterocycles. The van der Waals surface area contributed by atoms with Crippen molar-refractivity contribution in [1.29, 1.82) is 0 Å². The number of benzene rings is 5. The minimum absolute atomic E-state index is 0.101. The molecule has 0 amide bonds. The van der Waals surface area contributed by atoms with Crippen molar-refractivity contribution in [3.8, 4) is 0 Å². The Hall–Kier alpha value is -2.25. The zero-order valence-electron chi connectivity index (χ0n) is 18.9. The van der Waals surface area contributed by atoms with Crippen molar-refractivity contribution < 1.29 is 0 Å². The molecule has 1 heteroatoms. The second kappa shape index (κ2) is 6.37. The largest absolute Gasteiger partial charge is 0.175 e. The fraction of sp³-hybridized carbons (Fsp3) is 0.310. The smallest absolute Gasteiger partial charge is 0.0160 e. The SMILES string of the molecule is CC(C)(C)c1cc2cc(C(C)(C)C)cc3c4ccc(CS)c5cccc(c(c1)c23)c54. The quantitative estimate of drug-likeness (QED) is 0.159. The third-order valence-corrected chi connectivity index (χ3v) is 7.00. The first-order chi connectivity index (χ1) is 14.1. The second-order valence-electron chi connectivity index (χ2n) is 10.8. The van der Waals surface area contributed by atoms with Crippen LogP contribution in [0.2, 0.25) is 0 Å². The average molecular weight is 411 g/mol. The van der Waals surface area contributed by atoms with Crippen molar-refractivity contribution in [1.82, 2.24) is 0 Å². The van der Waals surface area contributed by atoms with E-state index in [9.17, 15) is 0 Å². The molecule has 0 aromatic heterocycles. The number of fused-ring (bicyclic) bond motifs is 2. The Labute approximate surface area is 185 Å². The lowest BCUT2D eigenvalue weighted by atomic mass is 9.79. The van der Waals surface area contributed by atoms with Gasteiger partial charge in [0.2, 0.25) is 0 Å². The van der Waals surface area contributed by atoms with Crippen LogP contribution >= 0.6 is 12.6 Å². The van der Waals surface area contributed by atoms with Gasteiger partial charge in [-0.15, -0.1) is 0 Å². The van der Waals surface area contributed by atoms with Gasteiger partial charge < -0.3 is 0 Å². The topological polar surface area (TPSA) is 0 Å². The Bertz CT molecular complexity index is 1360. The minimum Gasteiger partial charge on any atom is -0.175 e. The molecular weight excluding hydrogens is 380 g/mol. The van der Waals surface area contributed by atoms with Crippen molar-refractivity contribution in [2.75, 3.05) is 0 Å². The molecule has 0 saturated carbocycles. The van der Waals surface area contributed by atoms with Gasteiger partial charge in [-0.05, 0) is 82.7 Å². The van der Waals surface area contributed by atoms with Crippen LogP contribution in [0.3, 0.4) is 0 Å². The van der Waals surface area contributed by atoms with Gasteiger partial charge >= 0.3 is 0 Å². The lowest BCUT2D eigenvalue weighted by molar-refractivity contribution is 0.590. The molecule has 0 aliphatic carbocycles. The fourth-order valence-corrected chi connectivity index (χ4v) is 5.14. The summed E-state index contributed by atoms with van der Waals surface area (Å²) in [7, 11) is 0. The third-order valence-electron chi connectivity index (χ3n) is 6.66. The molecule has 30 heavy (non-hydrogen) atoms. The van der Waals surface area contributed by atoms with Crippen molar-refractivity contribution in [2.45, 2.75) is 58.1 Å². The standard InChI is InChI=1S/C29H30S/c1-28(2,3)19-12-18-13-20(29(4,5)6)15-25-23-11-10-17(16-30)21-8-7-9-22(27(21)23)24(14-19)26(18)25/h7-15,30H,16H2,1-6H3. The van der Waals surface area contributed by atoms with Gasteiger partial charge in [0.15, 0.2) is 0 Å². The lowest BCUT2D eigenvalue weighted by Crippen LogP contribution is -2.12. The highest BCUT2D eigenvalue weighted by Gasteiger charge is 2.22. The van der Waals surface area contributed by atoms with E-state index in [0.717, 1.165) is 5.75 Å². The zero-order chi connectivity index (χ0) is 21.4. The van der Waals surface area contributed by atoms with Gasteiger partial charge in [-0.25, -0.2) is 0 Å². The van der Waals surface area contributed by atoms with Crippen LogP contribution in [0.4, 0.5) is 0 Å². The molecule has 5 aromatic rings. The predicted molar refractivity (Wildman–Crippen MR) is 138 cm³/mol. The van der Waals surface area contributed by atoms with Crippen molar-refractivity contribution in [2.24, 2.45) is 0 Å². The molecule has 0 atom stereocenters. The van der Waals surface area contributed by atoms with Gasteiger partial charge in [0.25, 0.3) is 0 Å². The van der Waals surface area contributed by atoms with Crippen LogP contribution in [0, 0.1) is 0 Å². The minimum atomic E-state index is 0.101. The van der Waals surface area contributed by atoms with E-state index in [-0.39, 0.29) is 10.8 Å². The molecule has 152 valence electrons. The van der Waals surface area contributed by atoms with E-state index >= 15 is 0 Å². The van der Waals surface area contributed by atoms with Gasteiger partial charge in [-0.2, -0.15) is 12.6 Å². The van der Waals surface area contributed by atoms with Crippen LogP contribution in [-0.4, -0.2) is 0 Å². The normalized spacial score (nSPS) is 13.3. The van der Waals surface area contributed by atoms with E-state index in [1.165, 1.54) is 59.8 Å². The Morgan fingerprint density at radius 1 is 0.600 bits per heavy atom. The summed E-state index contributed by atoms with van der Waals surface area (Å²) in [6, 6.07) is 21.1. The molecular formula is C29H30S. The first-order valence-corrected chi connectivity index (χ1v) is 11.5. The average Bonchev–Trinajstić information content (AvgIpc) is 2.69. The van der Waals surface area contributed by atoms with Crippen LogP contribution in [0.5, 0.6) is 0 Å². The van der Waals surface area contributed by atoms with Crippen LogP contribution in [-0.2, 0) is 16.6 Å². The molecule has 5 aromatic carbocycles. The van der Waals surface area contributed by atoms with Crippen molar-refractivity contribution in [3.05, 3.63) is 71.3 Å². The highest BCUT2D eigenvalue weighted by atomic mass is 32.1. The first-order valence-electron chi connectivity index (χ1n) is 10.9. The number of hydrogen-bond donors (Lipinski definition) is 1. The maximum Gasteiger partial charge on any atom is 0.0160 e. The Morgan fingerprint density at radius 2 is 1.13 bits per heavy atom. The predicted octanol–water partition coefficient (Wildman–Crippen LogP) is 8.76. The first kappa shape index (κ1) is 19.7. The summed E-state index contributed by atoms with van der Waals surface area (Å²) in [4.78, 5) is 0. The molecule has 0 unspecified atom stereocenters. The molecule has 0 fully saturated rings. The Kier molecular flexibility index (Phi) is 4.19. The van der Waals surface area contributed by atoms with E-state index in [2.05, 4.69) is 109 Å². The molecule has 0 nitrogen and oxygen atoms in total. The summed E-state index contributed by atoms with van der Waals surface area (Å²) in [5.74, 6) is 0.757. The summed E-state index contributed by atoms with van der Waals surface area (Å²) >= 11 is 4.61. The number of hydrogen-bond acceptors (Lipinski definition) is 1. The lowest BCUT2D eigenvalue weighted by Gasteiger charge is -2.25. The van der Waals surface area contributed by atoms with E-state index in [4.69, 9.17) is 0 Å². The fourth-order valence-electron chi connectivity index (χ4n) is 4.86. The molecule has 0 aliphatic rings. The highest BCUT2D eigenvalue weighted by Crippen LogP contribution is 2.44. The third kappa shape index (κ3) is 2.82. The van der Waals surface area contributed by atoms with E-state index in [1.54, 1.807) is 0 Å². The molecule has 0 radical (unpaired) electrons. The van der Waals surface area contributed by atoms with Crippen molar-refractivity contribution >= 4 is 55.7 Å². The summed E-state index contributed by atoms with van der Waals surface area (Å²) < 4.78 is 0. The summed E-state index contributed by atoms with van der Waals surface area (Å²) in [6.45, 7) is 13.9. The Balaban J connectivity index is 2.12. The van der Waals surface area contributed by atoms with Gasteiger partial charge in [0, 0.05) is 5.75 Å². The summed E-state index contributed by atoms with van der Waals surface area (Å²) in [5, 5.41) is 11.0. The molecule has 0 saturated heterocycles. The second-order valence-corrected chi connectivity index (χ2v) is 11.1. The number of thiol groups is 1. The zero-order valence-corrected chi connectivity index (χ0v) is 19.7. The van der Waals surface area contributed by atoms with Gasteiger partial charge in [-0.3, -0.25) is 0 Å². The van der Waals surface area contributed by atoms with Gasteiger partial charge in [0.05, 0.1) is 0 Å². The van der Waals surface area contributed by atoms with E-state index < -0.39 is 0 Å². The van der Waals surface area contributed by atoms with Gasteiger partial charge in [0.1, 0.15) is 0 Å².